The van der Waals surface area contributed by atoms with Gasteiger partial charge in [-0.15, -0.1) is 0 Å². The Morgan fingerprint density at radius 1 is 1.40 bits per heavy atom. The van der Waals surface area contributed by atoms with Crippen LogP contribution in [-0.2, 0) is 0 Å². The van der Waals surface area contributed by atoms with Crippen LogP contribution in [-0.4, -0.2) is 37.1 Å². The Balaban J connectivity index is 2.03. The minimum Gasteiger partial charge on any atom is -0.311 e. The van der Waals surface area contributed by atoms with Crippen molar-refractivity contribution < 1.29 is 0 Å². The molecular weight excluding hydrogens is 124 g/mol. The SMILES string of the molecule is CN1CCN[C@H]2CCC[C@H]21. The summed E-state index contributed by atoms with van der Waals surface area (Å²) in [5.74, 6) is 0. The fourth-order valence-corrected chi connectivity index (χ4v) is 2.30. The normalized spacial score (nSPS) is 41.7. The summed E-state index contributed by atoms with van der Waals surface area (Å²) in [5.41, 5.74) is 0. The highest BCUT2D eigenvalue weighted by atomic mass is 15.2. The highest BCUT2D eigenvalue weighted by Gasteiger charge is 2.32. The van der Waals surface area contributed by atoms with E-state index in [9.17, 15) is 0 Å². The monoisotopic (exact) mass is 140 g/mol. The number of rotatable bonds is 0. The zero-order chi connectivity index (χ0) is 6.97. The zero-order valence-corrected chi connectivity index (χ0v) is 6.64. The van der Waals surface area contributed by atoms with Crippen molar-refractivity contribution in [1.29, 1.82) is 0 Å². The number of piperazine rings is 1. The minimum atomic E-state index is 0.818. The second-order valence-electron chi connectivity index (χ2n) is 3.54. The molecular formula is C8H16N2. The van der Waals surface area contributed by atoms with Gasteiger partial charge in [0.25, 0.3) is 0 Å². The number of hydrogen-bond acceptors (Lipinski definition) is 2. The van der Waals surface area contributed by atoms with Crippen molar-refractivity contribution in [2.24, 2.45) is 0 Å². The fraction of sp³-hybridized carbons (Fsp3) is 1.00. The van der Waals surface area contributed by atoms with E-state index >= 15 is 0 Å². The van der Waals surface area contributed by atoms with Crippen LogP contribution >= 0.6 is 0 Å². The fourth-order valence-electron chi connectivity index (χ4n) is 2.30. The molecule has 1 aliphatic heterocycles. The van der Waals surface area contributed by atoms with E-state index in [1.165, 1.54) is 32.4 Å². The van der Waals surface area contributed by atoms with E-state index in [0.717, 1.165) is 12.1 Å². The number of fused-ring (bicyclic) bond motifs is 1. The lowest BCUT2D eigenvalue weighted by Crippen LogP contribution is -2.53. The molecule has 0 spiro atoms. The van der Waals surface area contributed by atoms with Gasteiger partial charge in [-0.3, -0.25) is 0 Å². The van der Waals surface area contributed by atoms with E-state index in [0.29, 0.717) is 0 Å². The molecule has 1 saturated carbocycles. The summed E-state index contributed by atoms with van der Waals surface area (Å²) in [7, 11) is 2.25. The molecule has 2 rings (SSSR count). The van der Waals surface area contributed by atoms with Gasteiger partial charge in [0.15, 0.2) is 0 Å². The van der Waals surface area contributed by atoms with Crippen LogP contribution < -0.4 is 5.32 Å². The molecule has 2 aliphatic rings. The van der Waals surface area contributed by atoms with Crippen molar-refractivity contribution in [3.05, 3.63) is 0 Å². The van der Waals surface area contributed by atoms with E-state index in [-0.39, 0.29) is 0 Å². The van der Waals surface area contributed by atoms with Crippen LogP contribution in [0.3, 0.4) is 0 Å². The molecule has 1 saturated heterocycles. The van der Waals surface area contributed by atoms with E-state index in [1.807, 2.05) is 0 Å². The van der Waals surface area contributed by atoms with E-state index < -0.39 is 0 Å². The van der Waals surface area contributed by atoms with Gasteiger partial charge in [0.2, 0.25) is 0 Å². The first-order valence-electron chi connectivity index (χ1n) is 4.31. The largest absolute Gasteiger partial charge is 0.311 e. The predicted molar refractivity (Wildman–Crippen MR) is 42.1 cm³/mol. The summed E-state index contributed by atoms with van der Waals surface area (Å²) in [5, 5.41) is 3.57. The lowest BCUT2D eigenvalue weighted by molar-refractivity contribution is 0.171. The first-order valence-corrected chi connectivity index (χ1v) is 4.31. The van der Waals surface area contributed by atoms with Crippen molar-refractivity contribution in [3.8, 4) is 0 Å². The van der Waals surface area contributed by atoms with Crippen molar-refractivity contribution in [1.82, 2.24) is 10.2 Å². The Morgan fingerprint density at radius 2 is 2.30 bits per heavy atom. The third-order valence-electron chi connectivity index (χ3n) is 2.92. The Labute approximate surface area is 62.6 Å². The molecule has 1 heterocycles. The Hall–Kier alpha value is -0.0800. The smallest absolute Gasteiger partial charge is 0.0246 e. The summed E-state index contributed by atoms with van der Waals surface area (Å²) >= 11 is 0. The van der Waals surface area contributed by atoms with Crippen LogP contribution in [0.5, 0.6) is 0 Å². The van der Waals surface area contributed by atoms with Crippen LogP contribution in [0.25, 0.3) is 0 Å². The molecule has 2 fully saturated rings. The standard InChI is InChI=1S/C8H16N2/c1-10-6-5-9-7-3-2-4-8(7)10/h7-9H,2-6H2,1H3/t7-,8+/m0/s1. The number of nitrogens with one attached hydrogen (secondary N) is 1. The molecule has 1 N–H and O–H groups in total. The highest BCUT2D eigenvalue weighted by molar-refractivity contribution is 4.92. The quantitative estimate of drug-likeness (QED) is 0.525. The average Bonchev–Trinajstić information content (AvgIpc) is 2.36. The second-order valence-corrected chi connectivity index (χ2v) is 3.54. The van der Waals surface area contributed by atoms with Crippen molar-refractivity contribution in [2.45, 2.75) is 31.3 Å². The van der Waals surface area contributed by atoms with Crippen LogP contribution in [0.4, 0.5) is 0 Å². The van der Waals surface area contributed by atoms with Gasteiger partial charge in [-0.05, 0) is 19.9 Å². The van der Waals surface area contributed by atoms with Crippen molar-refractivity contribution in [2.75, 3.05) is 20.1 Å². The maximum atomic E-state index is 3.57. The van der Waals surface area contributed by atoms with Crippen molar-refractivity contribution >= 4 is 0 Å². The summed E-state index contributed by atoms with van der Waals surface area (Å²) in [6, 6.07) is 1.67. The maximum absolute atomic E-state index is 3.57. The lowest BCUT2D eigenvalue weighted by atomic mass is 10.1. The Kier molecular flexibility index (Phi) is 1.66. The summed E-state index contributed by atoms with van der Waals surface area (Å²) in [4.78, 5) is 2.51. The van der Waals surface area contributed by atoms with Gasteiger partial charge in [-0.1, -0.05) is 6.42 Å². The molecule has 10 heavy (non-hydrogen) atoms. The molecule has 0 aromatic rings. The molecule has 0 bridgehead atoms. The molecule has 0 aromatic heterocycles. The summed E-state index contributed by atoms with van der Waals surface area (Å²) < 4.78 is 0. The van der Waals surface area contributed by atoms with E-state index in [1.54, 1.807) is 0 Å². The first kappa shape index (κ1) is 6.62. The second kappa shape index (κ2) is 2.51. The van der Waals surface area contributed by atoms with Crippen LogP contribution in [0.15, 0.2) is 0 Å². The molecule has 2 heteroatoms. The Bertz CT molecular complexity index is 124. The van der Waals surface area contributed by atoms with Crippen LogP contribution in [0, 0.1) is 0 Å². The lowest BCUT2D eigenvalue weighted by Gasteiger charge is -2.35. The molecule has 0 amide bonds. The molecule has 58 valence electrons. The average molecular weight is 140 g/mol. The van der Waals surface area contributed by atoms with Crippen LogP contribution in [0.2, 0.25) is 0 Å². The molecule has 0 aromatic carbocycles. The topological polar surface area (TPSA) is 15.3 Å². The summed E-state index contributed by atoms with van der Waals surface area (Å²) in [6.07, 6.45) is 4.23. The molecule has 0 radical (unpaired) electrons. The minimum absolute atomic E-state index is 0.818. The van der Waals surface area contributed by atoms with Gasteiger partial charge in [0.05, 0.1) is 0 Å². The third-order valence-corrected chi connectivity index (χ3v) is 2.92. The third kappa shape index (κ3) is 0.956. The van der Waals surface area contributed by atoms with Gasteiger partial charge in [-0.2, -0.15) is 0 Å². The Morgan fingerprint density at radius 3 is 3.10 bits per heavy atom. The van der Waals surface area contributed by atoms with Gasteiger partial charge in [-0.25, -0.2) is 0 Å². The summed E-state index contributed by atoms with van der Waals surface area (Å²) in [6.45, 7) is 2.43. The predicted octanol–water partition coefficient (Wildman–Crippen LogP) is 0.442. The molecule has 0 unspecified atom stereocenters. The number of hydrogen-bond donors (Lipinski definition) is 1. The van der Waals surface area contributed by atoms with E-state index in [4.69, 9.17) is 0 Å². The van der Waals surface area contributed by atoms with Gasteiger partial charge in [0.1, 0.15) is 0 Å². The van der Waals surface area contributed by atoms with Gasteiger partial charge < -0.3 is 10.2 Å². The van der Waals surface area contributed by atoms with Crippen molar-refractivity contribution in [3.63, 3.8) is 0 Å². The zero-order valence-electron chi connectivity index (χ0n) is 6.64. The molecule has 1 aliphatic carbocycles. The maximum Gasteiger partial charge on any atom is 0.0246 e. The number of nitrogens with zero attached hydrogens (tertiary/aromatic N) is 1. The van der Waals surface area contributed by atoms with Crippen LogP contribution in [0.1, 0.15) is 19.3 Å². The highest BCUT2D eigenvalue weighted by Crippen LogP contribution is 2.24. The molecule has 2 nitrogen and oxygen atoms in total. The molecule has 2 atom stereocenters. The van der Waals surface area contributed by atoms with E-state index in [2.05, 4.69) is 17.3 Å². The number of likely N-dealkylation sites (N-methyl/N-ethyl adjacent to an activating group) is 1. The first-order chi connectivity index (χ1) is 4.88. The van der Waals surface area contributed by atoms with Gasteiger partial charge in [0, 0.05) is 25.2 Å². The van der Waals surface area contributed by atoms with Gasteiger partial charge >= 0.3 is 0 Å².